The minimum atomic E-state index is -3.62. The molecule has 0 heterocycles. The van der Waals surface area contributed by atoms with Crippen LogP contribution in [0.25, 0.3) is 0 Å². The highest BCUT2D eigenvalue weighted by Crippen LogP contribution is 2.24. The summed E-state index contributed by atoms with van der Waals surface area (Å²) in [5, 5.41) is 0.478. The van der Waals surface area contributed by atoms with Gasteiger partial charge in [-0.25, -0.2) is 13.1 Å². The fourth-order valence-corrected chi connectivity index (χ4v) is 3.12. The average molecular weight is 312 g/mol. The second-order valence-electron chi connectivity index (χ2n) is 3.52. The maximum atomic E-state index is 11.9. The molecule has 0 aromatic heterocycles. The molecule has 0 fully saturated rings. The van der Waals surface area contributed by atoms with Crippen LogP contribution in [0.4, 0.5) is 0 Å². The Morgan fingerprint density at radius 2 is 2.06 bits per heavy atom. The Balaban J connectivity index is 2.66. The predicted octanol–water partition coefficient (Wildman–Crippen LogP) is 2.70. The number of hydrogen-bond donors (Lipinski definition) is 1. The number of rotatable bonds is 7. The zero-order chi connectivity index (χ0) is 13.6. The first kappa shape index (κ1) is 15.7. The van der Waals surface area contributed by atoms with E-state index in [1.165, 1.54) is 18.2 Å². The second kappa shape index (κ2) is 7.31. The van der Waals surface area contributed by atoms with Gasteiger partial charge in [0.25, 0.3) is 0 Å². The Kier molecular flexibility index (Phi) is 6.38. The highest BCUT2D eigenvalue weighted by atomic mass is 35.5. The summed E-state index contributed by atoms with van der Waals surface area (Å²) in [7, 11) is -3.62. The van der Waals surface area contributed by atoms with Crippen molar-refractivity contribution in [2.75, 3.05) is 19.8 Å². The van der Waals surface area contributed by atoms with Crippen LogP contribution in [0.2, 0.25) is 10.0 Å². The lowest BCUT2D eigenvalue weighted by atomic mass is 10.4. The molecule has 1 rings (SSSR count). The number of ether oxygens (including phenoxy) is 1. The van der Waals surface area contributed by atoms with Gasteiger partial charge in [0, 0.05) is 24.8 Å². The quantitative estimate of drug-likeness (QED) is 0.788. The van der Waals surface area contributed by atoms with Gasteiger partial charge in [0.05, 0.1) is 5.02 Å². The molecule has 1 N–H and O–H groups in total. The largest absolute Gasteiger partial charge is 0.382 e. The van der Waals surface area contributed by atoms with Crippen LogP contribution in [0.15, 0.2) is 23.1 Å². The molecule has 1 aromatic rings. The zero-order valence-electron chi connectivity index (χ0n) is 9.95. The summed E-state index contributed by atoms with van der Waals surface area (Å²) in [6.07, 6.45) is 0.602. The third-order valence-corrected chi connectivity index (χ3v) is 4.32. The monoisotopic (exact) mass is 311 g/mol. The van der Waals surface area contributed by atoms with Crippen molar-refractivity contribution in [3.63, 3.8) is 0 Å². The van der Waals surface area contributed by atoms with E-state index in [0.29, 0.717) is 31.2 Å². The summed E-state index contributed by atoms with van der Waals surface area (Å²) >= 11 is 11.6. The van der Waals surface area contributed by atoms with Gasteiger partial charge < -0.3 is 4.74 Å². The first-order valence-electron chi connectivity index (χ1n) is 5.50. The van der Waals surface area contributed by atoms with Crippen LogP contribution in [0.3, 0.4) is 0 Å². The maximum absolute atomic E-state index is 11.9. The van der Waals surface area contributed by atoms with E-state index in [0.717, 1.165) is 0 Å². The van der Waals surface area contributed by atoms with E-state index in [4.69, 9.17) is 27.9 Å². The van der Waals surface area contributed by atoms with Gasteiger partial charge >= 0.3 is 0 Å². The highest BCUT2D eigenvalue weighted by molar-refractivity contribution is 7.89. The van der Waals surface area contributed by atoms with E-state index in [1.54, 1.807) is 0 Å². The van der Waals surface area contributed by atoms with Crippen LogP contribution in [0.1, 0.15) is 13.3 Å². The van der Waals surface area contributed by atoms with Gasteiger partial charge in [-0.15, -0.1) is 0 Å². The fraction of sp³-hybridized carbons (Fsp3) is 0.455. The van der Waals surface area contributed by atoms with Crippen LogP contribution in [0.5, 0.6) is 0 Å². The smallest absolute Gasteiger partial charge is 0.242 e. The topological polar surface area (TPSA) is 55.4 Å². The number of sulfonamides is 1. The summed E-state index contributed by atoms with van der Waals surface area (Å²) in [5.74, 6) is 0. The lowest BCUT2D eigenvalue weighted by Gasteiger charge is -2.08. The van der Waals surface area contributed by atoms with Gasteiger partial charge in [-0.2, -0.15) is 0 Å². The Bertz CT molecular complexity index is 491. The Labute approximate surface area is 117 Å². The molecule has 0 unspecified atom stereocenters. The van der Waals surface area contributed by atoms with Crippen molar-refractivity contribution in [1.82, 2.24) is 4.72 Å². The first-order chi connectivity index (χ1) is 8.47. The van der Waals surface area contributed by atoms with Crippen molar-refractivity contribution >= 4 is 33.2 Å². The molecule has 0 spiro atoms. The number of benzene rings is 1. The summed E-state index contributed by atoms with van der Waals surface area (Å²) < 4.78 is 31.5. The molecule has 0 atom stereocenters. The number of nitrogens with one attached hydrogen (secondary N) is 1. The van der Waals surface area contributed by atoms with Gasteiger partial charge in [0.1, 0.15) is 4.90 Å². The minimum Gasteiger partial charge on any atom is -0.382 e. The summed E-state index contributed by atoms with van der Waals surface area (Å²) in [6, 6.07) is 4.32. The predicted molar refractivity (Wildman–Crippen MR) is 72.8 cm³/mol. The first-order valence-corrected chi connectivity index (χ1v) is 7.73. The Morgan fingerprint density at radius 1 is 1.33 bits per heavy atom. The molecule has 0 radical (unpaired) electrons. The van der Waals surface area contributed by atoms with Crippen LogP contribution in [0, 0.1) is 0 Å². The van der Waals surface area contributed by atoms with E-state index in [1.807, 2.05) is 6.92 Å². The zero-order valence-corrected chi connectivity index (χ0v) is 12.3. The molecule has 0 aliphatic rings. The molecular weight excluding hydrogens is 297 g/mol. The Hall–Kier alpha value is -0.330. The SMILES string of the molecule is CCOCCCNS(=O)(=O)c1cc(Cl)ccc1Cl. The molecule has 18 heavy (non-hydrogen) atoms. The third-order valence-electron chi connectivity index (χ3n) is 2.14. The maximum Gasteiger partial charge on any atom is 0.242 e. The van der Waals surface area contributed by atoms with Crippen LogP contribution in [-0.4, -0.2) is 28.2 Å². The summed E-state index contributed by atoms with van der Waals surface area (Å²) in [5.41, 5.74) is 0. The van der Waals surface area contributed by atoms with Gasteiger partial charge in [-0.3, -0.25) is 0 Å². The van der Waals surface area contributed by atoms with Gasteiger partial charge in [-0.1, -0.05) is 23.2 Å². The molecule has 0 saturated heterocycles. The van der Waals surface area contributed by atoms with E-state index >= 15 is 0 Å². The van der Waals surface area contributed by atoms with E-state index in [9.17, 15) is 8.42 Å². The minimum absolute atomic E-state index is 0.00641. The van der Waals surface area contributed by atoms with Crippen molar-refractivity contribution in [1.29, 1.82) is 0 Å². The molecule has 7 heteroatoms. The lowest BCUT2D eigenvalue weighted by molar-refractivity contribution is 0.146. The van der Waals surface area contributed by atoms with Gasteiger partial charge in [0.2, 0.25) is 10.0 Å². The normalized spacial score (nSPS) is 11.7. The van der Waals surface area contributed by atoms with Crippen molar-refractivity contribution in [2.45, 2.75) is 18.2 Å². The Morgan fingerprint density at radius 3 is 2.72 bits per heavy atom. The molecule has 0 aliphatic carbocycles. The molecule has 4 nitrogen and oxygen atoms in total. The molecule has 0 bridgehead atoms. The third kappa shape index (κ3) is 4.74. The van der Waals surface area contributed by atoms with Crippen LogP contribution >= 0.6 is 23.2 Å². The van der Waals surface area contributed by atoms with Crippen LogP contribution in [-0.2, 0) is 14.8 Å². The van der Waals surface area contributed by atoms with E-state index in [-0.39, 0.29) is 9.92 Å². The highest BCUT2D eigenvalue weighted by Gasteiger charge is 2.17. The van der Waals surface area contributed by atoms with Crippen molar-refractivity contribution in [2.24, 2.45) is 0 Å². The van der Waals surface area contributed by atoms with Crippen molar-refractivity contribution in [3.05, 3.63) is 28.2 Å². The van der Waals surface area contributed by atoms with E-state index in [2.05, 4.69) is 4.72 Å². The standard InChI is InChI=1S/C11H15Cl2NO3S/c1-2-17-7-3-6-14-18(15,16)11-8-9(12)4-5-10(11)13/h4-5,8,14H,2-3,6-7H2,1H3. The molecule has 1 aromatic carbocycles. The van der Waals surface area contributed by atoms with Gasteiger partial charge in [-0.05, 0) is 31.5 Å². The average Bonchev–Trinajstić information content (AvgIpc) is 2.32. The molecular formula is C11H15Cl2NO3S. The molecule has 0 saturated carbocycles. The van der Waals surface area contributed by atoms with Gasteiger partial charge in [0.15, 0.2) is 0 Å². The van der Waals surface area contributed by atoms with Crippen LogP contribution < -0.4 is 4.72 Å². The summed E-state index contributed by atoms with van der Waals surface area (Å²) in [6.45, 7) is 3.32. The lowest BCUT2D eigenvalue weighted by Crippen LogP contribution is -2.25. The number of hydrogen-bond acceptors (Lipinski definition) is 3. The molecule has 102 valence electrons. The molecule has 0 aliphatic heterocycles. The number of halogens is 2. The second-order valence-corrected chi connectivity index (χ2v) is 6.10. The summed E-state index contributed by atoms with van der Waals surface area (Å²) in [4.78, 5) is -0.00641. The van der Waals surface area contributed by atoms with E-state index < -0.39 is 10.0 Å². The fourth-order valence-electron chi connectivity index (χ4n) is 1.29. The molecule has 0 amide bonds. The van der Waals surface area contributed by atoms with Crippen molar-refractivity contribution in [3.8, 4) is 0 Å². The van der Waals surface area contributed by atoms with Crippen molar-refractivity contribution < 1.29 is 13.2 Å².